The number of hydrogen-bond acceptors (Lipinski definition) is 3. The molecular formula is C7H12F3NO3S. The minimum Gasteiger partial charge on any atom is -0.381 e. The van der Waals surface area contributed by atoms with Crippen molar-refractivity contribution in [3.8, 4) is 0 Å². The molecule has 2 unspecified atom stereocenters. The smallest absolute Gasteiger partial charge is 0.381 e. The molecule has 1 aliphatic heterocycles. The van der Waals surface area contributed by atoms with Crippen LogP contribution in [0.2, 0.25) is 0 Å². The summed E-state index contributed by atoms with van der Waals surface area (Å²) in [7, 11) is -4.63. The van der Waals surface area contributed by atoms with Crippen LogP contribution in [0.1, 0.15) is 12.8 Å². The fourth-order valence-corrected chi connectivity index (χ4v) is 2.85. The van der Waals surface area contributed by atoms with E-state index >= 15 is 0 Å². The van der Waals surface area contributed by atoms with Crippen LogP contribution >= 0.6 is 0 Å². The average Bonchev–Trinajstić information content (AvgIpc) is 2.00. The molecule has 2 N–H and O–H groups in total. The van der Waals surface area contributed by atoms with Gasteiger partial charge in [0, 0.05) is 12.5 Å². The molecular weight excluding hydrogens is 235 g/mol. The van der Waals surface area contributed by atoms with E-state index < -0.39 is 27.4 Å². The molecule has 2 atom stereocenters. The molecule has 0 bridgehead atoms. The Bertz CT molecular complexity index is 308. The first-order chi connectivity index (χ1) is 6.73. The molecule has 0 amide bonds. The molecule has 0 aromatic carbocycles. The Morgan fingerprint density at radius 2 is 2.00 bits per heavy atom. The van der Waals surface area contributed by atoms with Gasteiger partial charge in [-0.15, -0.1) is 0 Å². The Balaban J connectivity index is 2.91. The standard InChI is InChI=1S/C7H12F3NO3S/c8-7(9,10)6(15(11,12)13)5-2-1-3-14-4-5/h5-6H,1-4H2,(H2,11,12,13). The Hall–Kier alpha value is -0.340. The number of primary sulfonamides is 1. The van der Waals surface area contributed by atoms with Crippen LogP contribution in [0, 0.1) is 5.92 Å². The third-order valence-corrected chi connectivity index (χ3v) is 3.66. The fraction of sp³-hybridized carbons (Fsp3) is 1.00. The van der Waals surface area contributed by atoms with Crippen molar-refractivity contribution in [1.82, 2.24) is 0 Å². The van der Waals surface area contributed by atoms with E-state index in [2.05, 4.69) is 5.14 Å². The van der Waals surface area contributed by atoms with Crippen molar-refractivity contribution < 1.29 is 26.3 Å². The van der Waals surface area contributed by atoms with Crippen molar-refractivity contribution >= 4 is 10.0 Å². The SMILES string of the molecule is NS(=O)(=O)C(C1CCCOC1)C(F)(F)F. The van der Waals surface area contributed by atoms with Crippen molar-refractivity contribution in [2.45, 2.75) is 24.3 Å². The number of rotatable bonds is 2. The summed E-state index contributed by atoms with van der Waals surface area (Å²) in [5, 5.41) is 2.08. The van der Waals surface area contributed by atoms with Crippen molar-refractivity contribution in [2.24, 2.45) is 11.1 Å². The summed E-state index contributed by atoms with van der Waals surface area (Å²) >= 11 is 0. The van der Waals surface area contributed by atoms with E-state index in [1.165, 1.54) is 0 Å². The minimum absolute atomic E-state index is 0.167. The second-order valence-electron chi connectivity index (χ2n) is 3.53. The molecule has 0 spiro atoms. The largest absolute Gasteiger partial charge is 0.407 e. The molecule has 0 aromatic heterocycles. The van der Waals surface area contributed by atoms with E-state index in [1.54, 1.807) is 0 Å². The quantitative estimate of drug-likeness (QED) is 0.778. The van der Waals surface area contributed by atoms with Crippen molar-refractivity contribution in [2.75, 3.05) is 13.2 Å². The molecule has 8 heteroatoms. The minimum atomic E-state index is -4.83. The summed E-state index contributed by atoms with van der Waals surface area (Å²) in [5.41, 5.74) is 0. The van der Waals surface area contributed by atoms with Crippen molar-refractivity contribution in [3.63, 3.8) is 0 Å². The van der Waals surface area contributed by atoms with Gasteiger partial charge in [-0.2, -0.15) is 13.2 Å². The summed E-state index contributed by atoms with van der Waals surface area (Å²) in [6.07, 6.45) is -4.24. The molecule has 1 fully saturated rings. The number of sulfonamides is 1. The molecule has 1 saturated heterocycles. The van der Waals surface area contributed by atoms with Crippen LogP contribution in [0.3, 0.4) is 0 Å². The monoisotopic (exact) mass is 247 g/mol. The Kier molecular flexibility index (Phi) is 3.62. The molecule has 4 nitrogen and oxygen atoms in total. The Morgan fingerprint density at radius 3 is 2.33 bits per heavy atom. The summed E-state index contributed by atoms with van der Waals surface area (Å²) < 4.78 is 64.1. The molecule has 0 aromatic rings. The van der Waals surface area contributed by atoms with Crippen LogP contribution in [0.4, 0.5) is 13.2 Å². The number of alkyl halides is 3. The van der Waals surface area contributed by atoms with Gasteiger partial charge in [-0.1, -0.05) is 0 Å². The normalized spacial score (nSPS) is 26.3. The van der Waals surface area contributed by atoms with Gasteiger partial charge >= 0.3 is 6.18 Å². The molecule has 0 radical (unpaired) electrons. The van der Waals surface area contributed by atoms with E-state index in [9.17, 15) is 21.6 Å². The van der Waals surface area contributed by atoms with Gasteiger partial charge in [0.05, 0.1) is 6.61 Å². The van der Waals surface area contributed by atoms with E-state index in [1.807, 2.05) is 0 Å². The Labute approximate surface area is 85.6 Å². The fourth-order valence-electron chi connectivity index (χ4n) is 1.73. The van der Waals surface area contributed by atoms with E-state index in [0.717, 1.165) is 0 Å². The first-order valence-electron chi connectivity index (χ1n) is 4.39. The number of hydrogen-bond donors (Lipinski definition) is 1. The molecule has 90 valence electrons. The zero-order valence-corrected chi connectivity index (χ0v) is 8.64. The average molecular weight is 247 g/mol. The molecule has 1 aliphatic rings. The van der Waals surface area contributed by atoms with Crippen molar-refractivity contribution in [3.05, 3.63) is 0 Å². The van der Waals surface area contributed by atoms with E-state index in [-0.39, 0.29) is 13.0 Å². The highest BCUT2D eigenvalue weighted by Gasteiger charge is 2.52. The maximum absolute atomic E-state index is 12.5. The molecule has 1 rings (SSSR count). The highest BCUT2D eigenvalue weighted by Crippen LogP contribution is 2.34. The zero-order chi connectivity index (χ0) is 11.7. The second-order valence-corrected chi connectivity index (χ2v) is 5.21. The molecule has 0 saturated carbocycles. The van der Waals surface area contributed by atoms with Gasteiger partial charge in [-0.25, -0.2) is 13.6 Å². The van der Waals surface area contributed by atoms with Crippen LogP contribution in [-0.2, 0) is 14.8 Å². The van der Waals surface area contributed by atoms with Gasteiger partial charge in [0.15, 0.2) is 5.25 Å². The highest BCUT2D eigenvalue weighted by atomic mass is 32.2. The predicted molar refractivity (Wildman–Crippen MR) is 46.5 cm³/mol. The van der Waals surface area contributed by atoms with Gasteiger partial charge in [-0.3, -0.25) is 0 Å². The van der Waals surface area contributed by atoms with E-state index in [4.69, 9.17) is 4.74 Å². The Morgan fingerprint density at radius 1 is 1.40 bits per heavy atom. The summed E-state index contributed by atoms with van der Waals surface area (Å²) in [4.78, 5) is 0. The molecule has 1 heterocycles. The summed E-state index contributed by atoms with van der Waals surface area (Å²) in [5.74, 6) is -1.09. The third kappa shape index (κ3) is 3.32. The van der Waals surface area contributed by atoms with Gasteiger partial charge in [0.1, 0.15) is 0 Å². The number of halogens is 3. The van der Waals surface area contributed by atoms with E-state index in [0.29, 0.717) is 13.0 Å². The van der Waals surface area contributed by atoms with Crippen LogP contribution in [0.25, 0.3) is 0 Å². The van der Waals surface area contributed by atoms with Gasteiger partial charge in [0.2, 0.25) is 10.0 Å². The number of nitrogens with two attached hydrogens (primary N) is 1. The lowest BCUT2D eigenvalue weighted by atomic mass is 9.98. The third-order valence-electron chi connectivity index (χ3n) is 2.30. The van der Waals surface area contributed by atoms with Gasteiger partial charge in [0.25, 0.3) is 0 Å². The predicted octanol–water partition coefficient (Wildman–Crippen LogP) is 0.632. The summed E-state index contributed by atoms with van der Waals surface area (Å²) in [6.45, 7) is 0.159. The molecule has 0 aliphatic carbocycles. The second kappa shape index (κ2) is 4.26. The highest BCUT2D eigenvalue weighted by molar-refractivity contribution is 7.89. The maximum atomic E-state index is 12.5. The van der Waals surface area contributed by atoms with Crippen LogP contribution < -0.4 is 5.14 Å². The topological polar surface area (TPSA) is 69.4 Å². The lowest BCUT2D eigenvalue weighted by Crippen LogP contribution is -2.48. The lowest BCUT2D eigenvalue weighted by Gasteiger charge is -2.29. The zero-order valence-electron chi connectivity index (χ0n) is 7.83. The van der Waals surface area contributed by atoms with Crippen LogP contribution in [0.5, 0.6) is 0 Å². The van der Waals surface area contributed by atoms with Crippen LogP contribution in [0.15, 0.2) is 0 Å². The van der Waals surface area contributed by atoms with Crippen molar-refractivity contribution in [1.29, 1.82) is 0 Å². The lowest BCUT2D eigenvalue weighted by molar-refractivity contribution is -0.148. The summed E-state index contributed by atoms with van der Waals surface area (Å²) in [6, 6.07) is 0. The van der Waals surface area contributed by atoms with Crippen LogP contribution in [-0.4, -0.2) is 33.1 Å². The maximum Gasteiger partial charge on any atom is 0.407 e. The van der Waals surface area contributed by atoms with Gasteiger partial charge in [-0.05, 0) is 12.8 Å². The van der Waals surface area contributed by atoms with Gasteiger partial charge < -0.3 is 4.74 Å². The first kappa shape index (κ1) is 12.7. The first-order valence-corrected chi connectivity index (χ1v) is 6.00. The number of ether oxygens (including phenoxy) is 1. The molecule has 15 heavy (non-hydrogen) atoms.